The van der Waals surface area contributed by atoms with Gasteiger partial charge < -0.3 is 10.3 Å². The third-order valence-corrected chi connectivity index (χ3v) is 3.11. The Bertz CT molecular complexity index is 610. The van der Waals surface area contributed by atoms with Gasteiger partial charge in [0, 0.05) is 29.5 Å². The quantitative estimate of drug-likeness (QED) is 0.925. The Morgan fingerprint density at radius 3 is 2.76 bits per heavy atom. The lowest BCUT2D eigenvalue weighted by atomic mass is 10.2. The van der Waals surface area contributed by atoms with Crippen LogP contribution in [0.5, 0.6) is 0 Å². The first-order valence-corrected chi connectivity index (χ1v) is 5.75. The molecule has 1 heterocycles. The van der Waals surface area contributed by atoms with Gasteiger partial charge in [-0.1, -0.05) is 22.0 Å². The third-order valence-electron chi connectivity index (χ3n) is 2.37. The zero-order valence-corrected chi connectivity index (χ0v) is 10.4. The fraction of sp³-hybridized carbons (Fsp3) is 0.0833. The predicted octanol–water partition coefficient (Wildman–Crippen LogP) is 2.38. The number of pyridine rings is 1. The number of halogens is 2. The van der Waals surface area contributed by atoms with Crippen molar-refractivity contribution in [2.75, 3.05) is 5.73 Å². The van der Waals surface area contributed by atoms with E-state index >= 15 is 0 Å². The molecule has 5 heteroatoms. The van der Waals surface area contributed by atoms with Crippen molar-refractivity contribution >= 4 is 21.6 Å². The average molecular weight is 297 g/mol. The molecule has 1 aromatic heterocycles. The number of hydrogen-bond acceptors (Lipinski definition) is 2. The molecule has 0 aliphatic heterocycles. The normalized spacial score (nSPS) is 10.5. The molecule has 0 amide bonds. The highest BCUT2D eigenvalue weighted by Gasteiger charge is 2.02. The van der Waals surface area contributed by atoms with Crippen LogP contribution in [0.1, 0.15) is 5.56 Å². The van der Waals surface area contributed by atoms with Crippen molar-refractivity contribution in [1.29, 1.82) is 0 Å². The number of nitrogens with two attached hydrogens (primary N) is 1. The first-order valence-electron chi connectivity index (χ1n) is 4.96. The third kappa shape index (κ3) is 2.74. The summed E-state index contributed by atoms with van der Waals surface area (Å²) in [5, 5.41) is 0. The molecule has 0 bridgehead atoms. The summed E-state index contributed by atoms with van der Waals surface area (Å²) in [6, 6.07) is 5.90. The number of nitrogens with zero attached hydrogens (tertiary/aromatic N) is 1. The molecule has 0 unspecified atom stereocenters. The van der Waals surface area contributed by atoms with Crippen LogP contribution in [-0.4, -0.2) is 4.57 Å². The summed E-state index contributed by atoms with van der Waals surface area (Å²) < 4.78 is 15.4. The van der Waals surface area contributed by atoms with Crippen LogP contribution < -0.4 is 11.2 Å². The van der Waals surface area contributed by atoms with Crippen LogP contribution in [0.2, 0.25) is 0 Å². The zero-order valence-electron chi connectivity index (χ0n) is 8.86. The second kappa shape index (κ2) is 4.71. The molecule has 2 aromatic rings. The van der Waals surface area contributed by atoms with E-state index in [1.54, 1.807) is 23.0 Å². The SMILES string of the molecule is Nc1cn(Cc2ccc(F)cc2Br)ccc1=O. The average Bonchev–Trinajstić information content (AvgIpc) is 2.27. The van der Waals surface area contributed by atoms with Crippen LogP contribution in [-0.2, 0) is 6.54 Å². The van der Waals surface area contributed by atoms with Gasteiger partial charge in [-0.2, -0.15) is 0 Å². The predicted molar refractivity (Wildman–Crippen MR) is 68.3 cm³/mol. The van der Waals surface area contributed by atoms with E-state index in [0.717, 1.165) is 5.56 Å². The molecule has 17 heavy (non-hydrogen) atoms. The molecule has 0 atom stereocenters. The number of benzene rings is 1. The minimum absolute atomic E-state index is 0.195. The van der Waals surface area contributed by atoms with Gasteiger partial charge in [-0.05, 0) is 17.7 Å². The number of nitrogen functional groups attached to an aromatic ring is 1. The molecule has 3 nitrogen and oxygen atoms in total. The number of rotatable bonds is 2. The fourth-order valence-corrected chi connectivity index (χ4v) is 1.97. The second-order valence-corrected chi connectivity index (χ2v) is 4.53. The van der Waals surface area contributed by atoms with E-state index in [0.29, 0.717) is 11.0 Å². The summed E-state index contributed by atoms with van der Waals surface area (Å²) >= 11 is 3.29. The standard InChI is InChI=1S/C12H10BrFN2O/c13-10-5-9(14)2-1-8(10)6-16-4-3-12(17)11(15)7-16/h1-5,7H,6,15H2. The Kier molecular flexibility index (Phi) is 3.28. The molecule has 88 valence electrons. The maximum atomic E-state index is 12.9. The monoisotopic (exact) mass is 296 g/mol. The van der Waals surface area contributed by atoms with Gasteiger partial charge in [0.2, 0.25) is 5.43 Å². The molecular weight excluding hydrogens is 287 g/mol. The summed E-state index contributed by atoms with van der Waals surface area (Å²) in [4.78, 5) is 11.1. The van der Waals surface area contributed by atoms with E-state index in [-0.39, 0.29) is 16.9 Å². The highest BCUT2D eigenvalue weighted by Crippen LogP contribution is 2.19. The van der Waals surface area contributed by atoms with Crippen LogP contribution in [0.3, 0.4) is 0 Å². The lowest BCUT2D eigenvalue weighted by Gasteiger charge is -2.08. The van der Waals surface area contributed by atoms with Gasteiger partial charge in [0.05, 0.1) is 5.69 Å². The first-order chi connectivity index (χ1) is 8.06. The molecule has 0 aliphatic carbocycles. The topological polar surface area (TPSA) is 48.0 Å². The van der Waals surface area contributed by atoms with Crippen molar-refractivity contribution < 1.29 is 4.39 Å². The van der Waals surface area contributed by atoms with E-state index < -0.39 is 0 Å². The van der Waals surface area contributed by atoms with Gasteiger partial charge in [-0.25, -0.2) is 4.39 Å². The minimum atomic E-state index is -0.292. The van der Waals surface area contributed by atoms with E-state index in [4.69, 9.17) is 5.73 Å². The van der Waals surface area contributed by atoms with E-state index in [1.807, 2.05) is 0 Å². The molecule has 1 aromatic carbocycles. The molecule has 0 aliphatic rings. The van der Waals surface area contributed by atoms with Crippen LogP contribution in [0.25, 0.3) is 0 Å². The Hall–Kier alpha value is -1.62. The largest absolute Gasteiger partial charge is 0.394 e. The molecule has 0 radical (unpaired) electrons. The van der Waals surface area contributed by atoms with Crippen molar-refractivity contribution in [2.45, 2.75) is 6.54 Å². The Labute approximate surface area is 106 Å². The van der Waals surface area contributed by atoms with E-state index in [2.05, 4.69) is 15.9 Å². The molecule has 2 N–H and O–H groups in total. The Morgan fingerprint density at radius 2 is 2.12 bits per heavy atom. The summed E-state index contributed by atoms with van der Waals surface area (Å²) in [6.07, 6.45) is 3.21. The molecule has 0 fully saturated rings. The second-order valence-electron chi connectivity index (χ2n) is 3.67. The first kappa shape index (κ1) is 11.9. The minimum Gasteiger partial charge on any atom is -0.394 e. The summed E-state index contributed by atoms with van der Waals surface area (Å²) in [5.74, 6) is -0.292. The van der Waals surface area contributed by atoms with Crippen molar-refractivity contribution in [3.8, 4) is 0 Å². The van der Waals surface area contributed by atoms with Gasteiger partial charge in [-0.3, -0.25) is 4.79 Å². The summed E-state index contributed by atoms with van der Waals surface area (Å²) in [6.45, 7) is 0.519. The fourth-order valence-electron chi connectivity index (χ4n) is 1.49. The van der Waals surface area contributed by atoms with Gasteiger partial charge >= 0.3 is 0 Å². The lowest BCUT2D eigenvalue weighted by Crippen LogP contribution is -2.11. The molecule has 0 saturated carbocycles. The number of aromatic nitrogens is 1. The van der Waals surface area contributed by atoms with Crippen molar-refractivity contribution in [1.82, 2.24) is 4.57 Å². The van der Waals surface area contributed by atoms with Crippen LogP contribution >= 0.6 is 15.9 Å². The highest BCUT2D eigenvalue weighted by molar-refractivity contribution is 9.10. The Balaban J connectivity index is 2.31. The van der Waals surface area contributed by atoms with E-state index in [9.17, 15) is 9.18 Å². The molecule has 0 saturated heterocycles. The smallest absolute Gasteiger partial charge is 0.204 e. The maximum Gasteiger partial charge on any atom is 0.204 e. The van der Waals surface area contributed by atoms with E-state index in [1.165, 1.54) is 18.2 Å². The van der Waals surface area contributed by atoms with Crippen molar-refractivity contribution in [2.24, 2.45) is 0 Å². The summed E-state index contributed by atoms with van der Waals surface area (Å²) in [5.41, 5.74) is 6.45. The molecule has 0 spiro atoms. The zero-order chi connectivity index (χ0) is 12.4. The molecular formula is C12H10BrFN2O. The Morgan fingerprint density at radius 1 is 1.35 bits per heavy atom. The van der Waals surface area contributed by atoms with Crippen LogP contribution in [0, 0.1) is 5.82 Å². The van der Waals surface area contributed by atoms with Crippen molar-refractivity contribution in [3.63, 3.8) is 0 Å². The number of hydrogen-bond donors (Lipinski definition) is 1. The number of anilines is 1. The van der Waals surface area contributed by atoms with Gasteiger partial charge in [0.1, 0.15) is 5.82 Å². The lowest BCUT2D eigenvalue weighted by molar-refractivity contribution is 0.625. The summed E-state index contributed by atoms with van der Waals surface area (Å²) in [7, 11) is 0. The van der Waals surface area contributed by atoms with Gasteiger partial charge in [0.25, 0.3) is 0 Å². The molecule has 2 rings (SSSR count). The van der Waals surface area contributed by atoms with Crippen molar-refractivity contribution in [3.05, 3.63) is 62.7 Å². The highest BCUT2D eigenvalue weighted by atomic mass is 79.9. The van der Waals surface area contributed by atoms with Crippen LogP contribution in [0.15, 0.2) is 45.9 Å². The maximum absolute atomic E-state index is 12.9. The van der Waals surface area contributed by atoms with Crippen LogP contribution in [0.4, 0.5) is 10.1 Å². The van der Waals surface area contributed by atoms with Gasteiger partial charge in [-0.15, -0.1) is 0 Å². The van der Waals surface area contributed by atoms with Gasteiger partial charge in [0.15, 0.2) is 0 Å².